The second kappa shape index (κ2) is 8.48. The average Bonchev–Trinajstić information content (AvgIpc) is 3.00. The van der Waals surface area contributed by atoms with Crippen molar-refractivity contribution in [1.82, 2.24) is 0 Å². The van der Waals surface area contributed by atoms with Crippen LogP contribution in [0, 0.1) is 45.8 Å². The molecule has 0 aromatic carbocycles. The van der Waals surface area contributed by atoms with E-state index in [4.69, 9.17) is 0 Å². The van der Waals surface area contributed by atoms with Gasteiger partial charge >= 0.3 is 0 Å². The SMILES string of the molecule is CC[C@H](CC[C@@H](C)[C@H]1CC[C@@]2(C)C3=C(CC[C@]12C)[C@@]1(C)CC[C@H](O)C[C@@H]1CC3)C(C)C. The second-order valence-electron chi connectivity index (χ2n) is 13.4. The second-order valence-corrected chi connectivity index (χ2v) is 13.4. The molecule has 0 spiro atoms. The summed E-state index contributed by atoms with van der Waals surface area (Å²) in [5.74, 6) is 4.21. The molecule has 0 heterocycles. The van der Waals surface area contributed by atoms with Crippen LogP contribution in [-0.2, 0) is 0 Å². The number of allylic oxidation sites excluding steroid dienone is 2. The highest BCUT2D eigenvalue weighted by Crippen LogP contribution is 2.71. The monoisotopic (exact) mass is 428 g/mol. The minimum Gasteiger partial charge on any atom is -0.393 e. The summed E-state index contributed by atoms with van der Waals surface area (Å²) in [6.45, 7) is 17.8. The van der Waals surface area contributed by atoms with Gasteiger partial charge in [-0.3, -0.25) is 0 Å². The summed E-state index contributed by atoms with van der Waals surface area (Å²) in [5, 5.41) is 10.3. The van der Waals surface area contributed by atoms with E-state index in [9.17, 15) is 5.11 Å². The Morgan fingerprint density at radius 3 is 2.32 bits per heavy atom. The van der Waals surface area contributed by atoms with Crippen molar-refractivity contribution in [2.75, 3.05) is 0 Å². The molecule has 0 aromatic heterocycles. The maximum absolute atomic E-state index is 10.3. The summed E-state index contributed by atoms with van der Waals surface area (Å²) in [6.07, 6.45) is 15.7. The molecule has 8 atom stereocenters. The van der Waals surface area contributed by atoms with E-state index in [1.807, 2.05) is 11.1 Å². The van der Waals surface area contributed by atoms with E-state index < -0.39 is 0 Å². The van der Waals surface area contributed by atoms with Crippen molar-refractivity contribution < 1.29 is 5.11 Å². The summed E-state index contributed by atoms with van der Waals surface area (Å²) in [6, 6.07) is 0. The summed E-state index contributed by atoms with van der Waals surface area (Å²) < 4.78 is 0. The highest BCUT2D eigenvalue weighted by Gasteiger charge is 2.61. The number of hydrogen-bond acceptors (Lipinski definition) is 1. The molecule has 1 nitrogen and oxygen atoms in total. The number of hydrogen-bond donors (Lipinski definition) is 1. The van der Waals surface area contributed by atoms with Crippen molar-refractivity contribution in [3.8, 4) is 0 Å². The molecule has 0 aromatic rings. The lowest BCUT2D eigenvalue weighted by molar-refractivity contribution is -0.00537. The van der Waals surface area contributed by atoms with Gasteiger partial charge in [-0.05, 0) is 110 Å². The van der Waals surface area contributed by atoms with E-state index in [2.05, 4.69) is 48.5 Å². The minimum absolute atomic E-state index is 0.0424. The van der Waals surface area contributed by atoms with E-state index in [0.717, 1.165) is 42.4 Å². The van der Waals surface area contributed by atoms with Crippen LogP contribution in [0.4, 0.5) is 0 Å². The van der Waals surface area contributed by atoms with Crippen LogP contribution < -0.4 is 0 Å². The fraction of sp³-hybridized carbons (Fsp3) is 0.933. The number of fused-ring (bicyclic) bond motifs is 4. The quantitative estimate of drug-likeness (QED) is 0.420. The van der Waals surface area contributed by atoms with Gasteiger partial charge in [0.25, 0.3) is 0 Å². The van der Waals surface area contributed by atoms with Crippen molar-refractivity contribution >= 4 is 0 Å². The lowest BCUT2D eigenvalue weighted by Crippen LogP contribution is -2.49. The Morgan fingerprint density at radius 1 is 0.903 bits per heavy atom. The van der Waals surface area contributed by atoms with E-state index in [1.165, 1.54) is 64.2 Å². The maximum Gasteiger partial charge on any atom is 0.0543 e. The van der Waals surface area contributed by atoms with Crippen molar-refractivity contribution in [3.05, 3.63) is 11.1 Å². The van der Waals surface area contributed by atoms with Gasteiger partial charge in [0.15, 0.2) is 0 Å². The van der Waals surface area contributed by atoms with Gasteiger partial charge in [0.05, 0.1) is 6.10 Å². The zero-order chi connectivity index (χ0) is 22.6. The van der Waals surface area contributed by atoms with Crippen molar-refractivity contribution in [2.24, 2.45) is 45.8 Å². The van der Waals surface area contributed by atoms with Crippen LogP contribution in [0.3, 0.4) is 0 Å². The van der Waals surface area contributed by atoms with E-state index in [0.29, 0.717) is 16.2 Å². The summed E-state index contributed by atoms with van der Waals surface area (Å²) in [7, 11) is 0. The first-order valence-corrected chi connectivity index (χ1v) is 14.0. The van der Waals surface area contributed by atoms with Crippen LogP contribution in [-0.4, -0.2) is 11.2 Å². The largest absolute Gasteiger partial charge is 0.393 e. The molecule has 1 N–H and O–H groups in total. The van der Waals surface area contributed by atoms with Gasteiger partial charge in [-0.25, -0.2) is 0 Å². The van der Waals surface area contributed by atoms with E-state index in [-0.39, 0.29) is 6.10 Å². The highest BCUT2D eigenvalue weighted by atomic mass is 16.3. The van der Waals surface area contributed by atoms with Gasteiger partial charge in [0.2, 0.25) is 0 Å². The molecule has 2 fully saturated rings. The number of aliphatic hydroxyl groups is 1. The van der Waals surface area contributed by atoms with Gasteiger partial charge in [0, 0.05) is 0 Å². The Labute approximate surface area is 193 Å². The van der Waals surface area contributed by atoms with Crippen LogP contribution in [0.15, 0.2) is 11.1 Å². The van der Waals surface area contributed by atoms with Gasteiger partial charge in [-0.2, -0.15) is 0 Å². The Bertz CT molecular complexity index is 691. The fourth-order valence-corrected chi connectivity index (χ4v) is 9.47. The summed E-state index contributed by atoms with van der Waals surface area (Å²) >= 11 is 0. The van der Waals surface area contributed by atoms with Crippen LogP contribution in [0.5, 0.6) is 0 Å². The molecule has 2 saturated carbocycles. The molecule has 0 radical (unpaired) electrons. The van der Waals surface area contributed by atoms with Gasteiger partial charge in [-0.15, -0.1) is 0 Å². The minimum atomic E-state index is -0.0424. The third-order valence-corrected chi connectivity index (χ3v) is 12.0. The van der Waals surface area contributed by atoms with Crippen LogP contribution in [0.25, 0.3) is 0 Å². The lowest BCUT2D eigenvalue weighted by atomic mass is 9.46. The first-order chi connectivity index (χ1) is 14.6. The smallest absolute Gasteiger partial charge is 0.0543 e. The zero-order valence-corrected chi connectivity index (χ0v) is 21.9. The lowest BCUT2D eigenvalue weighted by Gasteiger charge is -2.59. The zero-order valence-electron chi connectivity index (χ0n) is 21.9. The topological polar surface area (TPSA) is 20.2 Å². The van der Waals surface area contributed by atoms with Crippen LogP contribution in [0.2, 0.25) is 0 Å². The van der Waals surface area contributed by atoms with Crippen molar-refractivity contribution in [2.45, 2.75) is 132 Å². The summed E-state index contributed by atoms with van der Waals surface area (Å²) in [5.41, 5.74) is 5.06. The molecule has 31 heavy (non-hydrogen) atoms. The molecule has 178 valence electrons. The molecule has 0 saturated heterocycles. The molecule has 4 rings (SSSR count). The predicted molar refractivity (Wildman–Crippen MR) is 133 cm³/mol. The van der Waals surface area contributed by atoms with Crippen molar-refractivity contribution in [1.29, 1.82) is 0 Å². The standard InChI is InChI=1S/C30H52O/c1-8-22(20(2)3)10-9-21(4)25-14-17-30(7)27-12-11-23-19-24(31)13-16-28(23,5)26(27)15-18-29(25,30)6/h20-25,31H,8-19H2,1-7H3/t21-,22-,23+,24+,25-,28+,29-,30+/m1/s1. The molecule has 0 aliphatic heterocycles. The molecule has 4 aliphatic carbocycles. The third kappa shape index (κ3) is 3.68. The van der Waals surface area contributed by atoms with Gasteiger partial charge in [-0.1, -0.05) is 72.5 Å². The van der Waals surface area contributed by atoms with Crippen LogP contribution in [0.1, 0.15) is 126 Å². The highest BCUT2D eigenvalue weighted by molar-refractivity contribution is 5.38. The molecule has 4 aliphatic rings. The third-order valence-electron chi connectivity index (χ3n) is 12.0. The average molecular weight is 429 g/mol. The first kappa shape index (κ1) is 23.8. The Kier molecular flexibility index (Phi) is 6.53. The Balaban J connectivity index is 1.56. The molecule has 0 amide bonds. The summed E-state index contributed by atoms with van der Waals surface area (Å²) in [4.78, 5) is 0. The first-order valence-electron chi connectivity index (χ1n) is 14.0. The van der Waals surface area contributed by atoms with Gasteiger partial charge in [0.1, 0.15) is 0 Å². The normalized spacial score (nSPS) is 44.6. The number of rotatable bonds is 6. The van der Waals surface area contributed by atoms with Crippen molar-refractivity contribution in [3.63, 3.8) is 0 Å². The number of aliphatic hydroxyl groups excluding tert-OH is 1. The van der Waals surface area contributed by atoms with E-state index in [1.54, 1.807) is 0 Å². The fourth-order valence-electron chi connectivity index (χ4n) is 9.47. The maximum atomic E-state index is 10.3. The molecule has 1 heteroatoms. The predicted octanol–water partition coefficient (Wildman–Crippen LogP) is 8.56. The van der Waals surface area contributed by atoms with Crippen LogP contribution >= 0.6 is 0 Å². The Hall–Kier alpha value is -0.300. The van der Waals surface area contributed by atoms with Gasteiger partial charge < -0.3 is 5.11 Å². The molecular weight excluding hydrogens is 376 g/mol. The van der Waals surface area contributed by atoms with E-state index >= 15 is 0 Å². The molecular formula is C30H52O. The Morgan fingerprint density at radius 2 is 1.65 bits per heavy atom. The molecule has 0 unspecified atom stereocenters. The molecule has 0 bridgehead atoms.